The van der Waals surface area contributed by atoms with Crippen molar-refractivity contribution < 1.29 is 13.2 Å². The Balaban J connectivity index is 1.99. The fourth-order valence-electron chi connectivity index (χ4n) is 3.19. The van der Waals surface area contributed by atoms with Crippen molar-refractivity contribution in [2.75, 3.05) is 6.54 Å². The molecule has 0 saturated carbocycles. The third-order valence-corrected chi connectivity index (χ3v) is 6.62. The fourth-order valence-corrected chi connectivity index (χ4v) is 5.12. The van der Waals surface area contributed by atoms with E-state index in [1.165, 1.54) is 0 Å². The summed E-state index contributed by atoms with van der Waals surface area (Å²) in [5.41, 5.74) is 1.03. The quantitative estimate of drug-likeness (QED) is 0.786. The second-order valence-electron chi connectivity index (χ2n) is 5.76. The second-order valence-corrected chi connectivity index (χ2v) is 7.92. The highest BCUT2D eigenvalue weighted by Crippen LogP contribution is 2.32. The predicted octanol–water partition coefficient (Wildman–Crippen LogP) is 2.09. The standard InChI is InChI=1S/C16H19NO3S/c1-12-5-7-13(8-6-12)21(19,20)15-4-2-3-11-17-14(15)9-10-16(17)18/h2-3,5-8,14-15H,4,9-11H2,1H3/t14-,15+/m0/s1. The molecule has 3 rings (SSSR count). The molecule has 5 heteroatoms. The molecule has 0 aromatic heterocycles. The Morgan fingerprint density at radius 1 is 1.14 bits per heavy atom. The summed E-state index contributed by atoms with van der Waals surface area (Å²) in [5.74, 6) is 0.0654. The first-order valence-corrected chi connectivity index (χ1v) is 8.80. The SMILES string of the molecule is Cc1ccc(S(=O)(=O)[C@@H]2CC=CCN3C(=O)CC[C@@H]23)cc1. The Hall–Kier alpha value is -1.62. The third-order valence-electron chi connectivity index (χ3n) is 4.39. The van der Waals surface area contributed by atoms with Crippen LogP contribution in [0.4, 0.5) is 0 Å². The normalized spacial score (nSPS) is 25.8. The minimum Gasteiger partial charge on any atom is -0.335 e. The van der Waals surface area contributed by atoms with Gasteiger partial charge in [0.15, 0.2) is 9.84 Å². The van der Waals surface area contributed by atoms with Gasteiger partial charge in [-0.25, -0.2) is 8.42 Å². The molecule has 0 radical (unpaired) electrons. The Morgan fingerprint density at radius 2 is 1.86 bits per heavy atom. The summed E-state index contributed by atoms with van der Waals surface area (Å²) >= 11 is 0. The van der Waals surface area contributed by atoms with Crippen LogP contribution < -0.4 is 0 Å². The molecule has 2 aliphatic rings. The van der Waals surface area contributed by atoms with E-state index < -0.39 is 15.1 Å². The molecule has 2 atom stereocenters. The highest BCUT2D eigenvalue weighted by Gasteiger charge is 2.43. The number of fused-ring (bicyclic) bond motifs is 1. The molecule has 0 N–H and O–H groups in total. The van der Waals surface area contributed by atoms with E-state index in [4.69, 9.17) is 0 Å². The largest absolute Gasteiger partial charge is 0.335 e. The van der Waals surface area contributed by atoms with Gasteiger partial charge in [0, 0.05) is 19.0 Å². The molecule has 0 aliphatic carbocycles. The molecule has 21 heavy (non-hydrogen) atoms. The molecule has 2 aliphatic heterocycles. The van der Waals surface area contributed by atoms with Crippen LogP contribution in [0.15, 0.2) is 41.3 Å². The van der Waals surface area contributed by atoms with Crippen molar-refractivity contribution in [1.29, 1.82) is 0 Å². The van der Waals surface area contributed by atoms with E-state index in [2.05, 4.69) is 0 Å². The van der Waals surface area contributed by atoms with Gasteiger partial charge in [-0.15, -0.1) is 0 Å². The van der Waals surface area contributed by atoms with Crippen LogP contribution in [0.2, 0.25) is 0 Å². The van der Waals surface area contributed by atoms with Crippen molar-refractivity contribution in [2.24, 2.45) is 0 Å². The maximum atomic E-state index is 12.9. The Bertz CT molecular complexity index is 676. The number of benzene rings is 1. The highest BCUT2D eigenvalue weighted by atomic mass is 32.2. The molecule has 1 fully saturated rings. The molecule has 0 bridgehead atoms. The number of hydrogen-bond acceptors (Lipinski definition) is 3. The number of allylic oxidation sites excluding steroid dienone is 1. The average molecular weight is 305 g/mol. The van der Waals surface area contributed by atoms with Gasteiger partial charge in [-0.2, -0.15) is 0 Å². The molecule has 1 amide bonds. The van der Waals surface area contributed by atoms with Crippen molar-refractivity contribution in [3.63, 3.8) is 0 Å². The van der Waals surface area contributed by atoms with Crippen LogP contribution in [0.3, 0.4) is 0 Å². The lowest BCUT2D eigenvalue weighted by molar-refractivity contribution is -0.128. The van der Waals surface area contributed by atoms with Crippen molar-refractivity contribution in [1.82, 2.24) is 4.90 Å². The van der Waals surface area contributed by atoms with E-state index in [1.54, 1.807) is 17.0 Å². The van der Waals surface area contributed by atoms with Gasteiger partial charge in [0.2, 0.25) is 5.91 Å². The van der Waals surface area contributed by atoms with Crippen LogP contribution in [-0.2, 0) is 14.6 Å². The maximum absolute atomic E-state index is 12.9. The van der Waals surface area contributed by atoms with Gasteiger partial charge in [0.1, 0.15) is 0 Å². The summed E-state index contributed by atoms with van der Waals surface area (Å²) < 4.78 is 25.9. The van der Waals surface area contributed by atoms with Crippen LogP contribution >= 0.6 is 0 Å². The molecule has 0 unspecified atom stereocenters. The Morgan fingerprint density at radius 3 is 2.57 bits per heavy atom. The summed E-state index contributed by atoms with van der Waals surface area (Å²) in [4.78, 5) is 14.0. The number of sulfone groups is 1. The van der Waals surface area contributed by atoms with E-state index in [-0.39, 0.29) is 11.9 Å². The smallest absolute Gasteiger partial charge is 0.223 e. The summed E-state index contributed by atoms with van der Waals surface area (Å²) in [5, 5.41) is -0.537. The first-order valence-electron chi connectivity index (χ1n) is 7.25. The maximum Gasteiger partial charge on any atom is 0.223 e. The molecule has 0 spiro atoms. The van der Waals surface area contributed by atoms with Crippen molar-refractivity contribution in [2.45, 2.75) is 42.4 Å². The first kappa shape index (κ1) is 14.3. The van der Waals surface area contributed by atoms with Gasteiger partial charge < -0.3 is 4.90 Å². The lowest BCUT2D eigenvalue weighted by atomic mass is 10.1. The first-order chi connectivity index (χ1) is 10.00. The van der Waals surface area contributed by atoms with Crippen molar-refractivity contribution >= 4 is 15.7 Å². The zero-order valence-corrected chi connectivity index (χ0v) is 12.8. The minimum atomic E-state index is -3.42. The van der Waals surface area contributed by atoms with Crippen LogP contribution in [0, 0.1) is 6.92 Å². The monoisotopic (exact) mass is 305 g/mol. The Labute approximate surface area is 125 Å². The van der Waals surface area contributed by atoms with E-state index in [0.29, 0.717) is 30.7 Å². The van der Waals surface area contributed by atoms with Crippen LogP contribution in [0.25, 0.3) is 0 Å². The van der Waals surface area contributed by atoms with Gasteiger partial charge in [-0.3, -0.25) is 4.79 Å². The molecule has 1 aromatic carbocycles. The van der Waals surface area contributed by atoms with Gasteiger partial charge >= 0.3 is 0 Å². The number of carbonyl (C=O) groups is 1. The summed E-state index contributed by atoms with van der Waals surface area (Å²) in [7, 11) is -3.42. The van der Waals surface area contributed by atoms with Crippen molar-refractivity contribution in [3.05, 3.63) is 42.0 Å². The predicted molar refractivity (Wildman–Crippen MR) is 80.6 cm³/mol. The molecule has 1 saturated heterocycles. The van der Waals surface area contributed by atoms with E-state index in [1.807, 2.05) is 31.2 Å². The van der Waals surface area contributed by atoms with Gasteiger partial charge in [-0.05, 0) is 31.9 Å². The highest BCUT2D eigenvalue weighted by molar-refractivity contribution is 7.92. The lowest BCUT2D eigenvalue weighted by Gasteiger charge is -2.28. The minimum absolute atomic E-state index is 0.0654. The Kier molecular flexibility index (Phi) is 3.61. The van der Waals surface area contributed by atoms with E-state index in [0.717, 1.165) is 5.56 Å². The number of amides is 1. The third kappa shape index (κ3) is 2.50. The van der Waals surface area contributed by atoms with E-state index >= 15 is 0 Å². The van der Waals surface area contributed by atoms with E-state index in [9.17, 15) is 13.2 Å². The lowest BCUT2D eigenvalue weighted by Crippen LogP contribution is -2.43. The van der Waals surface area contributed by atoms with Crippen LogP contribution in [0.5, 0.6) is 0 Å². The second kappa shape index (κ2) is 5.30. The molecular formula is C16H19NO3S. The van der Waals surface area contributed by atoms with Crippen LogP contribution in [0.1, 0.15) is 24.8 Å². The van der Waals surface area contributed by atoms with Crippen molar-refractivity contribution in [3.8, 4) is 0 Å². The molecule has 2 heterocycles. The summed E-state index contributed by atoms with van der Waals surface area (Å²) in [6, 6.07) is 6.77. The molecule has 1 aromatic rings. The number of rotatable bonds is 2. The van der Waals surface area contributed by atoms with Crippen LogP contribution in [-0.4, -0.2) is 37.1 Å². The van der Waals surface area contributed by atoms with Gasteiger partial charge in [-0.1, -0.05) is 29.8 Å². The average Bonchev–Trinajstić information content (AvgIpc) is 2.69. The van der Waals surface area contributed by atoms with Gasteiger partial charge in [0.05, 0.1) is 10.1 Å². The molecular weight excluding hydrogens is 286 g/mol. The number of hydrogen-bond donors (Lipinski definition) is 0. The fraction of sp³-hybridized carbons (Fsp3) is 0.438. The zero-order chi connectivity index (χ0) is 15.0. The zero-order valence-electron chi connectivity index (χ0n) is 12.0. The number of carbonyl (C=O) groups excluding carboxylic acids is 1. The summed E-state index contributed by atoms with van der Waals surface area (Å²) in [6.07, 6.45) is 5.36. The summed E-state index contributed by atoms with van der Waals surface area (Å²) in [6.45, 7) is 2.46. The van der Waals surface area contributed by atoms with Gasteiger partial charge in [0.25, 0.3) is 0 Å². The molecule has 4 nitrogen and oxygen atoms in total. The topological polar surface area (TPSA) is 54.5 Å². The number of nitrogens with zero attached hydrogens (tertiary/aromatic N) is 1. The number of aryl methyl sites for hydroxylation is 1. The molecule has 112 valence electrons.